The molecule has 0 saturated heterocycles. The molecule has 3 nitrogen and oxygen atoms in total. The maximum absolute atomic E-state index is 10.5. The third kappa shape index (κ3) is 2.93. The van der Waals surface area contributed by atoms with Gasteiger partial charge in [0.15, 0.2) is 23.0 Å². The first kappa shape index (κ1) is 12.2. The van der Waals surface area contributed by atoms with Crippen LogP contribution in [0.4, 0.5) is 0 Å². The summed E-state index contributed by atoms with van der Waals surface area (Å²) < 4.78 is 4.80. The van der Waals surface area contributed by atoms with Crippen LogP contribution >= 0.6 is 23.0 Å². The molecule has 0 heterocycles. The first-order chi connectivity index (χ1) is 5.25. The zero-order chi connectivity index (χ0) is 8.27. The number of benzene rings is 1. The van der Waals surface area contributed by atoms with Crippen LogP contribution in [0.15, 0.2) is 24.3 Å². The summed E-state index contributed by atoms with van der Waals surface area (Å²) in [6, 6.07) is 6.48. The maximum atomic E-state index is 10.5. The summed E-state index contributed by atoms with van der Waals surface area (Å²) in [6.07, 6.45) is 0. The molecule has 60 valence electrons. The molecule has 5 heteroatoms. The molecule has 0 radical (unpaired) electrons. The quantitative estimate of drug-likeness (QED) is 0.662. The molecular formula is C7H6INaO3. The summed E-state index contributed by atoms with van der Waals surface area (Å²) in [5, 5.41) is 8.61. The van der Waals surface area contributed by atoms with E-state index in [-0.39, 0.29) is 35.1 Å². The topological polar surface area (TPSA) is 46.5 Å². The molecule has 12 heavy (non-hydrogen) atoms. The molecule has 0 aliphatic rings. The minimum absolute atomic E-state index is 0. The Hall–Kier alpha value is 0.220. The fraction of sp³-hybridized carbons (Fsp3) is 0. The van der Waals surface area contributed by atoms with E-state index < -0.39 is 5.97 Å². The molecule has 0 saturated carbocycles. The fourth-order valence-corrected chi connectivity index (χ4v) is 1.09. The molecule has 0 spiro atoms. The standard InChI is InChI=1S/C7H5IO3.Na.H/c8-11-6-4-2-1-3-5(6)7(9)10;;/h1-4H,(H,9,10);;. The normalized spacial score (nSPS) is 8.42. The Morgan fingerprint density at radius 2 is 2.00 bits per heavy atom. The number of aromatic carboxylic acids is 1. The number of hydrogen-bond donors (Lipinski definition) is 1. The Bertz CT molecular complexity index is 277. The van der Waals surface area contributed by atoms with Gasteiger partial charge in [-0.2, -0.15) is 0 Å². The number of para-hydroxylation sites is 1. The van der Waals surface area contributed by atoms with E-state index in [1.165, 1.54) is 6.07 Å². The Morgan fingerprint density at radius 1 is 1.42 bits per heavy atom. The van der Waals surface area contributed by atoms with Gasteiger partial charge in [-0.15, -0.1) is 0 Å². The summed E-state index contributed by atoms with van der Waals surface area (Å²) in [5.74, 6) is -0.599. The van der Waals surface area contributed by atoms with Crippen molar-refractivity contribution in [2.24, 2.45) is 0 Å². The molecule has 1 N–H and O–H groups in total. The number of rotatable bonds is 2. The molecule has 1 aromatic rings. The van der Waals surface area contributed by atoms with Crippen LogP contribution < -0.4 is 3.07 Å². The average Bonchev–Trinajstić information content (AvgIpc) is 2.04. The summed E-state index contributed by atoms with van der Waals surface area (Å²) in [6.45, 7) is 0. The van der Waals surface area contributed by atoms with E-state index >= 15 is 0 Å². The van der Waals surface area contributed by atoms with E-state index in [1.54, 1.807) is 41.2 Å². The van der Waals surface area contributed by atoms with Crippen molar-refractivity contribution >= 4 is 58.5 Å². The van der Waals surface area contributed by atoms with Crippen LogP contribution in [-0.2, 0) is 0 Å². The van der Waals surface area contributed by atoms with Crippen LogP contribution in [0, 0.1) is 0 Å². The number of halogens is 1. The number of carbonyl (C=O) groups is 1. The van der Waals surface area contributed by atoms with Crippen LogP contribution in [0.25, 0.3) is 0 Å². The van der Waals surface area contributed by atoms with Crippen molar-refractivity contribution < 1.29 is 13.0 Å². The van der Waals surface area contributed by atoms with Gasteiger partial charge in [-0.1, -0.05) is 12.1 Å². The van der Waals surface area contributed by atoms with Gasteiger partial charge in [-0.25, -0.2) is 4.79 Å². The van der Waals surface area contributed by atoms with E-state index in [4.69, 9.17) is 8.17 Å². The van der Waals surface area contributed by atoms with Gasteiger partial charge in [-0.05, 0) is 12.1 Å². The molecule has 1 aromatic carbocycles. The van der Waals surface area contributed by atoms with E-state index in [9.17, 15) is 4.79 Å². The van der Waals surface area contributed by atoms with Gasteiger partial charge < -0.3 is 8.17 Å². The Kier molecular flexibility index (Phi) is 5.90. The van der Waals surface area contributed by atoms with E-state index in [0.29, 0.717) is 5.75 Å². The average molecular weight is 288 g/mol. The molecule has 0 atom stereocenters. The second-order valence-electron chi connectivity index (χ2n) is 1.88. The Labute approximate surface area is 106 Å². The van der Waals surface area contributed by atoms with E-state index in [2.05, 4.69) is 0 Å². The van der Waals surface area contributed by atoms with Crippen molar-refractivity contribution in [3.63, 3.8) is 0 Å². The van der Waals surface area contributed by atoms with Crippen molar-refractivity contribution in [3.05, 3.63) is 29.8 Å². The van der Waals surface area contributed by atoms with Crippen molar-refractivity contribution in [3.8, 4) is 5.75 Å². The summed E-state index contributed by atoms with van der Waals surface area (Å²) >= 11 is 1.65. The number of carboxylic acid groups (broad SMARTS) is 1. The molecule has 0 unspecified atom stereocenters. The molecule has 0 aliphatic carbocycles. The summed E-state index contributed by atoms with van der Waals surface area (Å²) in [7, 11) is 0. The summed E-state index contributed by atoms with van der Waals surface area (Å²) in [4.78, 5) is 10.5. The van der Waals surface area contributed by atoms with Crippen LogP contribution in [0.3, 0.4) is 0 Å². The number of carboxylic acids is 1. The third-order valence-corrected chi connectivity index (χ3v) is 1.68. The predicted molar refractivity (Wildman–Crippen MR) is 55.2 cm³/mol. The molecule has 1 rings (SSSR count). The molecule has 0 amide bonds. The second-order valence-corrected chi connectivity index (χ2v) is 2.32. The van der Waals surface area contributed by atoms with E-state index in [0.717, 1.165) is 0 Å². The van der Waals surface area contributed by atoms with Gasteiger partial charge in [0.25, 0.3) is 0 Å². The monoisotopic (exact) mass is 288 g/mol. The van der Waals surface area contributed by atoms with Crippen molar-refractivity contribution in [1.82, 2.24) is 0 Å². The van der Waals surface area contributed by atoms with Crippen molar-refractivity contribution in [2.75, 3.05) is 0 Å². The zero-order valence-corrected chi connectivity index (χ0v) is 7.61. The third-order valence-electron chi connectivity index (χ3n) is 1.20. The van der Waals surface area contributed by atoms with E-state index in [1.807, 2.05) is 0 Å². The molecule has 0 bridgehead atoms. The van der Waals surface area contributed by atoms with Crippen molar-refractivity contribution in [2.45, 2.75) is 0 Å². The van der Waals surface area contributed by atoms with Crippen LogP contribution in [0.5, 0.6) is 5.75 Å². The van der Waals surface area contributed by atoms with Gasteiger partial charge in [0, 0.05) is 0 Å². The fourth-order valence-electron chi connectivity index (χ4n) is 0.711. The van der Waals surface area contributed by atoms with Gasteiger partial charge in [0.1, 0.15) is 11.3 Å². The first-order valence-corrected chi connectivity index (χ1v) is 3.74. The minimum atomic E-state index is -0.975. The van der Waals surface area contributed by atoms with Crippen LogP contribution in [0.1, 0.15) is 10.4 Å². The SMILES string of the molecule is O=C(O)c1ccccc1OI.[NaH]. The van der Waals surface area contributed by atoms with Crippen LogP contribution in [0.2, 0.25) is 0 Å². The van der Waals surface area contributed by atoms with Gasteiger partial charge in [0.05, 0.1) is 0 Å². The Morgan fingerprint density at radius 3 is 2.42 bits per heavy atom. The summed E-state index contributed by atoms with van der Waals surface area (Å²) in [5.41, 5.74) is 0.182. The second kappa shape index (κ2) is 5.80. The van der Waals surface area contributed by atoms with Gasteiger partial charge in [0.2, 0.25) is 0 Å². The first-order valence-electron chi connectivity index (χ1n) is 2.86. The Balaban J connectivity index is 0.00000121. The van der Waals surface area contributed by atoms with Crippen molar-refractivity contribution in [1.29, 1.82) is 0 Å². The molecule has 0 fully saturated rings. The van der Waals surface area contributed by atoms with Gasteiger partial charge >= 0.3 is 35.5 Å². The van der Waals surface area contributed by atoms with Crippen LogP contribution in [-0.4, -0.2) is 40.6 Å². The zero-order valence-electron chi connectivity index (χ0n) is 5.45. The molecule has 0 aromatic heterocycles. The predicted octanol–water partition coefficient (Wildman–Crippen LogP) is 1.47. The molecule has 0 aliphatic heterocycles. The molecular weight excluding hydrogens is 282 g/mol. The van der Waals surface area contributed by atoms with Gasteiger partial charge in [-0.3, -0.25) is 0 Å². The number of hydrogen-bond acceptors (Lipinski definition) is 2.